The first kappa shape index (κ1) is 13.2. The van der Waals surface area contributed by atoms with Gasteiger partial charge < -0.3 is 4.90 Å². The van der Waals surface area contributed by atoms with Gasteiger partial charge in [-0.25, -0.2) is 0 Å². The topological polar surface area (TPSA) is 37.4 Å². The van der Waals surface area contributed by atoms with Gasteiger partial charge in [-0.3, -0.25) is 9.59 Å². The Morgan fingerprint density at radius 3 is 2.25 bits per heavy atom. The highest BCUT2D eigenvalue weighted by molar-refractivity contribution is 6.10. The molecule has 92 valence electrons. The van der Waals surface area contributed by atoms with Crippen molar-refractivity contribution >= 4 is 11.7 Å². The third kappa shape index (κ3) is 2.13. The van der Waals surface area contributed by atoms with E-state index in [2.05, 4.69) is 13.8 Å². The molecule has 0 N–H and O–H groups in total. The molecule has 0 aromatic rings. The van der Waals surface area contributed by atoms with Crippen molar-refractivity contribution in [3.8, 4) is 0 Å². The molecule has 0 spiro atoms. The fourth-order valence-electron chi connectivity index (χ4n) is 2.20. The van der Waals surface area contributed by atoms with E-state index >= 15 is 0 Å². The average molecular weight is 225 g/mol. The van der Waals surface area contributed by atoms with Crippen LogP contribution in [0.25, 0.3) is 0 Å². The van der Waals surface area contributed by atoms with E-state index in [0.717, 1.165) is 6.42 Å². The van der Waals surface area contributed by atoms with Gasteiger partial charge in [0.05, 0.1) is 6.42 Å². The first-order valence-electron chi connectivity index (χ1n) is 6.14. The van der Waals surface area contributed by atoms with Crippen molar-refractivity contribution in [2.24, 2.45) is 11.8 Å². The molecule has 1 rings (SSSR count). The Morgan fingerprint density at radius 1 is 1.25 bits per heavy atom. The summed E-state index contributed by atoms with van der Waals surface area (Å²) in [6.07, 6.45) is 1.05. The molecule has 1 saturated heterocycles. The summed E-state index contributed by atoms with van der Waals surface area (Å²) in [6.45, 7) is 10.9. The summed E-state index contributed by atoms with van der Waals surface area (Å²) < 4.78 is 0. The summed E-state index contributed by atoms with van der Waals surface area (Å²) in [5.74, 6) is 0.816. The van der Waals surface area contributed by atoms with Crippen molar-refractivity contribution < 1.29 is 9.59 Å². The van der Waals surface area contributed by atoms with Crippen LogP contribution >= 0.6 is 0 Å². The van der Waals surface area contributed by atoms with Crippen molar-refractivity contribution in [2.75, 3.05) is 6.54 Å². The number of nitrogens with zero attached hydrogens (tertiary/aromatic N) is 1. The molecular formula is C13H23NO2. The molecule has 0 aromatic carbocycles. The molecule has 1 aliphatic rings. The molecule has 3 heteroatoms. The minimum absolute atomic E-state index is 0.00171. The molecule has 1 heterocycles. The molecule has 0 saturated carbocycles. The van der Waals surface area contributed by atoms with Gasteiger partial charge in [0.25, 0.3) is 0 Å². The maximum absolute atomic E-state index is 11.9. The number of carbonyl (C=O) groups excluding carboxylic acids is 2. The van der Waals surface area contributed by atoms with Crippen molar-refractivity contribution in [3.05, 3.63) is 0 Å². The summed E-state index contributed by atoms with van der Waals surface area (Å²) in [7, 11) is 0. The summed E-state index contributed by atoms with van der Waals surface area (Å²) >= 11 is 0. The third-order valence-electron chi connectivity index (χ3n) is 3.79. The Bertz CT molecular complexity index is 296. The van der Waals surface area contributed by atoms with Gasteiger partial charge >= 0.3 is 0 Å². The Labute approximate surface area is 98.2 Å². The van der Waals surface area contributed by atoms with Crippen LogP contribution < -0.4 is 0 Å². The fraction of sp³-hybridized carbons (Fsp3) is 0.846. The lowest BCUT2D eigenvalue weighted by atomic mass is 9.84. The van der Waals surface area contributed by atoms with Crippen LogP contribution in [0.3, 0.4) is 0 Å². The zero-order valence-corrected chi connectivity index (χ0v) is 11.0. The number of likely N-dealkylation sites (tertiary alicyclic amines) is 1. The summed E-state index contributed by atoms with van der Waals surface area (Å²) in [6, 6.07) is 0. The molecule has 1 atom stereocenters. The predicted octanol–water partition coefficient (Wildman–Crippen LogP) is 2.25. The molecule has 16 heavy (non-hydrogen) atoms. The minimum atomic E-state index is -0.577. The van der Waals surface area contributed by atoms with Gasteiger partial charge in [-0.2, -0.15) is 0 Å². The van der Waals surface area contributed by atoms with E-state index in [9.17, 15) is 9.59 Å². The van der Waals surface area contributed by atoms with Crippen LogP contribution in [-0.2, 0) is 9.59 Å². The van der Waals surface area contributed by atoms with Gasteiger partial charge in [-0.1, -0.05) is 27.7 Å². The fourth-order valence-corrected chi connectivity index (χ4v) is 2.20. The Balaban J connectivity index is 2.86. The maximum atomic E-state index is 11.9. The van der Waals surface area contributed by atoms with Gasteiger partial charge in [0.15, 0.2) is 5.78 Å². The number of Topliss-reactive ketones (excluding diaryl/α,β-unsaturated/α-hetero) is 1. The van der Waals surface area contributed by atoms with Crippen LogP contribution in [-0.4, -0.2) is 28.7 Å². The van der Waals surface area contributed by atoms with E-state index < -0.39 is 5.54 Å². The highest BCUT2D eigenvalue weighted by Crippen LogP contribution is 2.33. The standard InChI is InChI=1S/C13H23NO2/c1-9(2)6-7-14-12(16)8-11(15)13(14,5)10(3)4/h9-10H,6-8H2,1-5H3. The van der Waals surface area contributed by atoms with Gasteiger partial charge in [0.1, 0.15) is 5.54 Å². The van der Waals surface area contributed by atoms with E-state index in [0.29, 0.717) is 12.5 Å². The zero-order chi connectivity index (χ0) is 12.5. The number of hydrogen-bond donors (Lipinski definition) is 0. The van der Waals surface area contributed by atoms with E-state index in [1.807, 2.05) is 20.8 Å². The van der Waals surface area contributed by atoms with E-state index in [1.54, 1.807) is 4.90 Å². The first-order chi connectivity index (χ1) is 7.30. The lowest BCUT2D eigenvalue weighted by Crippen LogP contribution is -2.51. The average Bonchev–Trinajstić information content (AvgIpc) is 2.36. The summed E-state index contributed by atoms with van der Waals surface area (Å²) in [5, 5.41) is 0. The van der Waals surface area contributed by atoms with E-state index in [1.165, 1.54) is 0 Å². The number of hydrogen-bond acceptors (Lipinski definition) is 2. The normalized spacial score (nSPS) is 26.3. The van der Waals surface area contributed by atoms with E-state index in [-0.39, 0.29) is 24.0 Å². The van der Waals surface area contributed by atoms with Gasteiger partial charge in [-0.15, -0.1) is 0 Å². The lowest BCUT2D eigenvalue weighted by molar-refractivity contribution is -0.134. The maximum Gasteiger partial charge on any atom is 0.230 e. The van der Waals surface area contributed by atoms with E-state index in [4.69, 9.17) is 0 Å². The number of amides is 1. The van der Waals surface area contributed by atoms with Gasteiger partial charge in [0, 0.05) is 6.54 Å². The highest BCUT2D eigenvalue weighted by Gasteiger charge is 2.50. The molecule has 0 aliphatic carbocycles. The molecule has 3 nitrogen and oxygen atoms in total. The second kappa shape index (κ2) is 4.56. The summed E-state index contributed by atoms with van der Waals surface area (Å²) in [4.78, 5) is 25.6. The lowest BCUT2D eigenvalue weighted by Gasteiger charge is -2.37. The number of ketones is 1. The smallest absolute Gasteiger partial charge is 0.230 e. The summed E-state index contributed by atoms with van der Waals surface area (Å²) in [5.41, 5.74) is -0.577. The van der Waals surface area contributed by atoms with Crippen molar-refractivity contribution in [1.82, 2.24) is 4.90 Å². The van der Waals surface area contributed by atoms with Gasteiger partial charge in [0.2, 0.25) is 5.91 Å². The Kier molecular flexibility index (Phi) is 3.76. The molecule has 1 unspecified atom stereocenters. The molecule has 1 amide bonds. The van der Waals surface area contributed by atoms with Crippen LogP contribution in [0.5, 0.6) is 0 Å². The molecule has 1 fully saturated rings. The largest absolute Gasteiger partial charge is 0.330 e. The Morgan fingerprint density at radius 2 is 1.81 bits per heavy atom. The highest BCUT2D eigenvalue weighted by atomic mass is 16.2. The molecule has 0 bridgehead atoms. The van der Waals surface area contributed by atoms with Crippen LogP contribution in [0.1, 0.15) is 47.5 Å². The van der Waals surface area contributed by atoms with Crippen LogP contribution in [0.4, 0.5) is 0 Å². The van der Waals surface area contributed by atoms with Crippen molar-refractivity contribution in [2.45, 2.75) is 53.0 Å². The quantitative estimate of drug-likeness (QED) is 0.688. The van der Waals surface area contributed by atoms with Gasteiger partial charge in [-0.05, 0) is 25.2 Å². The second-order valence-electron chi connectivity index (χ2n) is 5.63. The number of rotatable bonds is 4. The monoisotopic (exact) mass is 225 g/mol. The second-order valence-corrected chi connectivity index (χ2v) is 5.63. The van der Waals surface area contributed by atoms with Crippen LogP contribution in [0, 0.1) is 11.8 Å². The first-order valence-corrected chi connectivity index (χ1v) is 6.14. The van der Waals surface area contributed by atoms with Crippen molar-refractivity contribution in [3.63, 3.8) is 0 Å². The SMILES string of the molecule is CC(C)CCN1C(=O)CC(=O)C1(C)C(C)C. The minimum Gasteiger partial charge on any atom is -0.330 e. The molecule has 0 aromatic heterocycles. The predicted molar refractivity (Wildman–Crippen MR) is 64.0 cm³/mol. The number of carbonyl (C=O) groups is 2. The molecular weight excluding hydrogens is 202 g/mol. The zero-order valence-electron chi connectivity index (χ0n) is 11.0. The van der Waals surface area contributed by atoms with Crippen molar-refractivity contribution in [1.29, 1.82) is 0 Å². The Hall–Kier alpha value is -0.860. The molecule has 0 radical (unpaired) electrons. The molecule has 1 aliphatic heterocycles. The van der Waals surface area contributed by atoms with Crippen LogP contribution in [0.2, 0.25) is 0 Å². The van der Waals surface area contributed by atoms with Crippen LogP contribution in [0.15, 0.2) is 0 Å². The third-order valence-corrected chi connectivity index (χ3v) is 3.79.